The summed E-state index contributed by atoms with van der Waals surface area (Å²) in [5.74, 6) is -0.316. The van der Waals surface area contributed by atoms with Crippen molar-refractivity contribution < 1.29 is 28.2 Å². The van der Waals surface area contributed by atoms with Gasteiger partial charge in [0.05, 0.1) is 13.7 Å². The summed E-state index contributed by atoms with van der Waals surface area (Å²) in [5.41, 5.74) is -0.117. The summed E-state index contributed by atoms with van der Waals surface area (Å²) in [5, 5.41) is 0. The number of rotatable bonds is 4. The van der Waals surface area contributed by atoms with E-state index in [0.29, 0.717) is 55.9 Å². The second-order valence-corrected chi connectivity index (χ2v) is 9.51. The Morgan fingerprint density at radius 1 is 0.861 bits per heavy atom. The van der Waals surface area contributed by atoms with Gasteiger partial charge in [-0.3, -0.25) is 19.3 Å². The van der Waals surface area contributed by atoms with E-state index in [1.165, 1.54) is 24.3 Å². The number of hydrogen-bond acceptors (Lipinski definition) is 5. The molecule has 0 N–H and O–H groups in total. The molecule has 9 heteroatoms. The fourth-order valence-corrected chi connectivity index (χ4v) is 5.41. The van der Waals surface area contributed by atoms with Crippen molar-refractivity contribution in [2.45, 2.75) is 37.5 Å². The van der Waals surface area contributed by atoms with Crippen molar-refractivity contribution in [2.75, 3.05) is 39.9 Å². The third kappa shape index (κ3) is 4.43. The molecule has 0 radical (unpaired) electrons. The fourth-order valence-electron chi connectivity index (χ4n) is 5.41. The summed E-state index contributed by atoms with van der Waals surface area (Å²) in [4.78, 5) is 45.4. The van der Waals surface area contributed by atoms with Crippen LogP contribution in [0.15, 0.2) is 48.5 Å². The Hall–Kier alpha value is -3.46. The number of hydrogen-bond donors (Lipinski definition) is 0. The van der Waals surface area contributed by atoms with Gasteiger partial charge in [0, 0.05) is 50.1 Å². The molecule has 8 nitrogen and oxygen atoms in total. The Morgan fingerprint density at radius 3 is 2.06 bits per heavy atom. The van der Waals surface area contributed by atoms with Gasteiger partial charge in [-0.05, 0) is 61.4 Å². The first-order valence-electron chi connectivity index (χ1n) is 12.4. The van der Waals surface area contributed by atoms with Gasteiger partial charge in [-0.15, -0.1) is 0 Å². The summed E-state index contributed by atoms with van der Waals surface area (Å²) >= 11 is 0. The number of ether oxygens (including phenoxy) is 2. The van der Waals surface area contributed by atoms with E-state index < -0.39 is 17.6 Å². The molecule has 3 saturated heterocycles. The molecule has 1 atom stereocenters. The number of likely N-dealkylation sites (tertiary alicyclic amines) is 2. The number of carbonyl (C=O) groups excluding carboxylic acids is 3. The zero-order valence-corrected chi connectivity index (χ0v) is 20.3. The molecule has 0 saturated carbocycles. The first-order chi connectivity index (χ1) is 17.4. The maximum atomic E-state index is 13.8. The highest BCUT2D eigenvalue weighted by atomic mass is 19.1. The van der Waals surface area contributed by atoms with Crippen molar-refractivity contribution in [1.29, 1.82) is 0 Å². The van der Waals surface area contributed by atoms with Crippen molar-refractivity contribution in [3.8, 4) is 5.75 Å². The number of benzene rings is 2. The molecule has 1 spiro atoms. The third-order valence-corrected chi connectivity index (χ3v) is 7.44. The quantitative estimate of drug-likeness (QED) is 0.652. The Morgan fingerprint density at radius 2 is 1.44 bits per heavy atom. The van der Waals surface area contributed by atoms with E-state index in [9.17, 15) is 18.8 Å². The zero-order valence-electron chi connectivity index (χ0n) is 20.3. The lowest BCUT2D eigenvalue weighted by Gasteiger charge is -2.44. The van der Waals surface area contributed by atoms with Crippen LogP contribution in [-0.4, -0.2) is 84.1 Å². The lowest BCUT2D eigenvalue weighted by Crippen LogP contribution is -2.60. The Kier molecular flexibility index (Phi) is 6.66. The van der Waals surface area contributed by atoms with Crippen LogP contribution in [0.4, 0.5) is 4.39 Å². The van der Waals surface area contributed by atoms with Crippen molar-refractivity contribution in [2.24, 2.45) is 0 Å². The molecule has 190 valence electrons. The fraction of sp³-hybridized carbons (Fsp3) is 0.444. The summed E-state index contributed by atoms with van der Waals surface area (Å²) < 4.78 is 24.8. The number of nitrogens with zero attached hydrogens (tertiary/aromatic N) is 3. The van der Waals surface area contributed by atoms with Crippen LogP contribution in [0.2, 0.25) is 0 Å². The number of amides is 3. The van der Waals surface area contributed by atoms with Gasteiger partial charge in [0.15, 0.2) is 0 Å². The van der Waals surface area contributed by atoms with Gasteiger partial charge in [-0.2, -0.15) is 0 Å². The molecular formula is C27H30FN3O5. The average Bonchev–Trinajstić information content (AvgIpc) is 3.58. The summed E-state index contributed by atoms with van der Waals surface area (Å²) in [6, 6.07) is 11.6. The zero-order chi connectivity index (χ0) is 25.3. The van der Waals surface area contributed by atoms with Crippen molar-refractivity contribution in [1.82, 2.24) is 14.7 Å². The predicted molar refractivity (Wildman–Crippen MR) is 129 cm³/mol. The lowest BCUT2D eigenvalue weighted by molar-refractivity contribution is -0.136. The number of carbonyl (C=O) groups is 3. The van der Waals surface area contributed by atoms with E-state index in [0.717, 1.165) is 12.8 Å². The minimum atomic E-state index is -0.976. The summed E-state index contributed by atoms with van der Waals surface area (Å²) in [7, 11) is 1.56. The van der Waals surface area contributed by atoms with Gasteiger partial charge < -0.3 is 19.3 Å². The van der Waals surface area contributed by atoms with Crippen LogP contribution in [0, 0.1) is 5.82 Å². The Labute approximate surface area is 209 Å². The van der Waals surface area contributed by atoms with Crippen molar-refractivity contribution in [3.05, 3.63) is 65.5 Å². The highest BCUT2D eigenvalue weighted by molar-refractivity contribution is 5.99. The SMILES string of the molecule is COc1ccc(C(=O)N2C(C(=O)N3CCCC3)COC23CCN(C(=O)c2ccc(F)cc2)CC3)cc1. The van der Waals surface area contributed by atoms with E-state index in [2.05, 4.69) is 0 Å². The maximum absolute atomic E-state index is 13.8. The molecular weight excluding hydrogens is 465 g/mol. The topological polar surface area (TPSA) is 79.4 Å². The molecule has 5 rings (SSSR count). The van der Waals surface area contributed by atoms with E-state index in [1.807, 2.05) is 4.90 Å². The smallest absolute Gasteiger partial charge is 0.256 e. The first-order valence-corrected chi connectivity index (χ1v) is 12.4. The van der Waals surface area contributed by atoms with Crippen LogP contribution in [0.1, 0.15) is 46.4 Å². The van der Waals surface area contributed by atoms with E-state index in [-0.39, 0.29) is 24.3 Å². The second-order valence-electron chi connectivity index (χ2n) is 9.51. The molecule has 3 fully saturated rings. The van der Waals surface area contributed by atoms with Gasteiger partial charge in [0.2, 0.25) is 5.91 Å². The Balaban J connectivity index is 1.39. The molecule has 3 heterocycles. The van der Waals surface area contributed by atoms with Gasteiger partial charge in [0.25, 0.3) is 11.8 Å². The Bertz CT molecular complexity index is 1120. The van der Waals surface area contributed by atoms with Crippen LogP contribution >= 0.6 is 0 Å². The molecule has 3 aliphatic rings. The predicted octanol–water partition coefficient (Wildman–Crippen LogP) is 2.93. The molecule has 36 heavy (non-hydrogen) atoms. The number of methoxy groups -OCH3 is 1. The van der Waals surface area contributed by atoms with E-state index in [1.54, 1.807) is 41.2 Å². The summed E-state index contributed by atoms with van der Waals surface area (Å²) in [6.07, 6.45) is 2.67. The first kappa shape index (κ1) is 24.2. The molecule has 3 amide bonds. The van der Waals surface area contributed by atoms with Crippen LogP contribution in [-0.2, 0) is 9.53 Å². The van der Waals surface area contributed by atoms with Gasteiger partial charge in [-0.25, -0.2) is 4.39 Å². The van der Waals surface area contributed by atoms with Crippen LogP contribution in [0.5, 0.6) is 5.75 Å². The lowest BCUT2D eigenvalue weighted by atomic mass is 9.96. The highest BCUT2D eigenvalue weighted by Gasteiger charge is 2.55. The minimum absolute atomic E-state index is 0.0870. The van der Waals surface area contributed by atoms with Crippen LogP contribution in [0.25, 0.3) is 0 Å². The second kappa shape index (κ2) is 9.89. The van der Waals surface area contributed by atoms with E-state index >= 15 is 0 Å². The summed E-state index contributed by atoms with van der Waals surface area (Å²) in [6.45, 7) is 2.21. The number of halogens is 1. The van der Waals surface area contributed by atoms with Gasteiger partial charge in [0.1, 0.15) is 23.3 Å². The standard InChI is InChI=1S/C27H30FN3O5/c1-35-22-10-6-20(7-11-22)25(33)31-23(26(34)29-14-2-3-15-29)18-36-27(31)12-16-30(17-13-27)24(32)19-4-8-21(28)9-5-19/h4-11,23H,2-3,12-18H2,1H3. The minimum Gasteiger partial charge on any atom is -0.497 e. The molecule has 2 aromatic rings. The molecule has 1 unspecified atom stereocenters. The van der Waals surface area contributed by atoms with Crippen molar-refractivity contribution in [3.63, 3.8) is 0 Å². The molecule has 0 aliphatic carbocycles. The normalized spacial score (nSPS) is 21.2. The molecule has 2 aromatic carbocycles. The van der Waals surface area contributed by atoms with Crippen molar-refractivity contribution >= 4 is 17.7 Å². The molecule has 0 aromatic heterocycles. The van der Waals surface area contributed by atoms with Gasteiger partial charge in [-0.1, -0.05) is 0 Å². The monoisotopic (exact) mass is 495 g/mol. The highest BCUT2D eigenvalue weighted by Crippen LogP contribution is 2.39. The van der Waals surface area contributed by atoms with Crippen LogP contribution < -0.4 is 4.74 Å². The van der Waals surface area contributed by atoms with E-state index in [4.69, 9.17) is 9.47 Å². The van der Waals surface area contributed by atoms with Crippen LogP contribution in [0.3, 0.4) is 0 Å². The average molecular weight is 496 g/mol. The van der Waals surface area contributed by atoms with Gasteiger partial charge >= 0.3 is 0 Å². The maximum Gasteiger partial charge on any atom is 0.256 e. The molecule has 0 bridgehead atoms. The molecule has 3 aliphatic heterocycles. The third-order valence-electron chi connectivity index (χ3n) is 7.44. The largest absolute Gasteiger partial charge is 0.497 e. The number of piperidine rings is 1.